The van der Waals surface area contributed by atoms with Gasteiger partial charge in [0.15, 0.2) is 0 Å². The minimum Gasteiger partial charge on any atom is -0.497 e. The van der Waals surface area contributed by atoms with Gasteiger partial charge in [-0.1, -0.05) is 30.3 Å². The largest absolute Gasteiger partial charge is 0.497 e. The molecule has 0 saturated carbocycles. The smallest absolute Gasteiger partial charge is 0.344 e. The lowest BCUT2D eigenvalue weighted by Crippen LogP contribution is -2.50. The van der Waals surface area contributed by atoms with Crippen molar-refractivity contribution < 1.29 is 23.9 Å². The van der Waals surface area contributed by atoms with Crippen molar-refractivity contribution in [2.45, 2.75) is 19.0 Å². The highest BCUT2D eigenvalue weighted by Gasteiger charge is 2.50. The lowest BCUT2D eigenvalue weighted by atomic mass is 9.92. The van der Waals surface area contributed by atoms with Crippen LogP contribution < -0.4 is 20.2 Å². The molecule has 2 aromatic carbocycles. The third-order valence-electron chi connectivity index (χ3n) is 5.41. The normalized spacial score (nSPS) is 17.6. The molecule has 0 spiro atoms. The van der Waals surface area contributed by atoms with E-state index in [2.05, 4.69) is 17.3 Å². The Morgan fingerprint density at radius 1 is 1.09 bits per heavy atom. The Morgan fingerprint density at radius 2 is 1.67 bits per heavy atom. The first kappa shape index (κ1) is 23.8. The fourth-order valence-corrected chi connectivity index (χ4v) is 3.58. The summed E-state index contributed by atoms with van der Waals surface area (Å²) in [6.45, 7) is 6.22. The highest BCUT2D eigenvalue weighted by Crippen LogP contribution is 2.29. The summed E-state index contributed by atoms with van der Waals surface area (Å²) in [6.07, 6.45) is 1.69. The van der Waals surface area contributed by atoms with Crippen LogP contribution >= 0.6 is 0 Å². The third kappa shape index (κ3) is 5.32. The predicted octanol–water partition coefficient (Wildman–Crippen LogP) is 2.19. The lowest BCUT2D eigenvalue weighted by Gasteiger charge is -2.24. The van der Waals surface area contributed by atoms with Gasteiger partial charge in [0.05, 0.1) is 20.8 Å². The van der Waals surface area contributed by atoms with Gasteiger partial charge < -0.3 is 14.8 Å². The van der Waals surface area contributed by atoms with Gasteiger partial charge in [-0.2, -0.15) is 5.01 Å². The van der Waals surface area contributed by atoms with Crippen molar-refractivity contribution in [2.75, 3.05) is 27.3 Å². The van der Waals surface area contributed by atoms with Crippen LogP contribution in [-0.2, 0) is 21.7 Å². The van der Waals surface area contributed by atoms with E-state index in [1.807, 2.05) is 29.2 Å². The van der Waals surface area contributed by atoms with Crippen LogP contribution in [0.5, 0.6) is 11.5 Å². The van der Waals surface area contributed by atoms with Gasteiger partial charge in [-0.05, 0) is 42.3 Å². The number of carbonyl (C=O) groups excluding carboxylic acids is 3. The molecule has 4 amide bonds. The number of nitrogens with zero attached hydrogens (tertiary/aromatic N) is 2. The highest BCUT2D eigenvalue weighted by molar-refractivity contribution is 6.08. The molecule has 33 heavy (non-hydrogen) atoms. The molecule has 3 rings (SSSR count). The standard InChI is InChI=1S/C24H28N4O5/c1-5-14-27(15-17-6-10-19(32-3)11-7-17)16-21(29)26-28-22(30)24(2,25-23(28)31)18-8-12-20(33-4)13-9-18/h5-13H,1,14-16H2,2-4H3,(H,25,31)(H,26,29). The van der Waals surface area contributed by atoms with Gasteiger partial charge in [0.2, 0.25) is 0 Å². The monoisotopic (exact) mass is 452 g/mol. The molecule has 1 atom stereocenters. The van der Waals surface area contributed by atoms with Gasteiger partial charge in [-0.3, -0.25) is 19.9 Å². The molecular weight excluding hydrogens is 424 g/mol. The zero-order chi connectivity index (χ0) is 24.0. The maximum absolute atomic E-state index is 13.0. The van der Waals surface area contributed by atoms with Crippen LogP contribution in [0.1, 0.15) is 18.1 Å². The number of nitrogens with one attached hydrogen (secondary N) is 2. The maximum atomic E-state index is 13.0. The van der Waals surface area contributed by atoms with E-state index >= 15 is 0 Å². The fraction of sp³-hybridized carbons (Fsp3) is 0.292. The number of rotatable bonds is 10. The Labute approximate surface area is 192 Å². The van der Waals surface area contributed by atoms with Crippen molar-refractivity contribution in [1.29, 1.82) is 0 Å². The summed E-state index contributed by atoms with van der Waals surface area (Å²) in [5.41, 5.74) is 2.68. The van der Waals surface area contributed by atoms with Gasteiger partial charge >= 0.3 is 6.03 Å². The molecule has 9 heteroatoms. The molecule has 0 radical (unpaired) electrons. The molecular formula is C24H28N4O5. The van der Waals surface area contributed by atoms with Gasteiger partial charge in [-0.15, -0.1) is 6.58 Å². The molecule has 0 bridgehead atoms. The number of hydrogen-bond donors (Lipinski definition) is 2. The maximum Gasteiger partial charge on any atom is 0.344 e. The van der Waals surface area contributed by atoms with Crippen LogP contribution in [0.4, 0.5) is 4.79 Å². The fourth-order valence-electron chi connectivity index (χ4n) is 3.58. The van der Waals surface area contributed by atoms with Crippen LogP contribution in [0.25, 0.3) is 0 Å². The number of urea groups is 1. The van der Waals surface area contributed by atoms with Crippen LogP contribution in [-0.4, -0.2) is 55.1 Å². The van der Waals surface area contributed by atoms with E-state index in [4.69, 9.17) is 9.47 Å². The Balaban J connectivity index is 1.66. The number of methoxy groups -OCH3 is 2. The van der Waals surface area contributed by atoms with Gasteiger partial charge in [0.1, 0.15) is 17.0 Å². The number of ether oxygens (including phenoxy) is 2. The average Bonchev–Trinajstić information content (AvgIpc) is 3.03. The summed E-state index contributed by atoms with van der Waals surface area (Å²) in [4.78, 5) is 40.1. The third-order valence-corrected chi connectivity index (χ3v) is 5.41. The zero-order valence-corrected chi connectivity index (χ0v) is 19.0. The molecule has 1 saturated heterocycles. The number of benzene rings is 2. The van der Waals surface area contributed by atoms with Crippen molar-refractivity contribution in [3.63, 3.8) is 0 Å². The molecule has 9 nitrogen and oxygen atoms in total. The Hall–Kier alpha value is -3.85. The van der Waals surface area contributed by atoms with E-state index in [-0.39, 0.29) is 6.54 Å². The van der Waals surface area contributed by atoms with Crippen molar-refractivity contribution in [3.8, 4) is 11.5 Å². The van der Waals surface area contributed by atoms with Crippen LogP contribution in [0.15, 0.2) is 61.2 Å². The summed E-state index contributed by atoms with van der Waals surface area (Å²) in [5, 5.41) is 3.39. The quantitative estimate of drug-likeness (QED) is 0.424. The van der Waals surface area contributed by atoms with Gasteiger partial charge in [0, 0.05) is 13.1 Å². The van der Waals surface area contributed by atoms with Crippen LogP contribution in [0.2, 0.25) is 0 Å². The number of carbonyl (C=O) groups is 3. The SMILES string of the molecule is C=CCN(CC(=O)NN1C(=O)NC(C)(c2ccc(OC)cc2)C1=O)Cc1ccc(OC)cc1. The molecule has 1 fully saturated rings. The molecule has 1 aliphatic heterocycles. The molecule has 0 aliphatic carbocycles. The number of amides is 4. The van der Waals surface area contributed by atoms with E-state index in [9.17, 15) is 14.4 Å². The van der Waals surface area contributed by atoms with Gasteiger partial charge in [-0.25, -0.2) is 4.79 Å². The van der Waals surface area contributed by atoms with Crippen molar-refractivity contribution >= 4 is 17.8 Å². The second-order valence-electron chi connectivity index (χ2n) is 7.77. The van der Waals surface area contributed by atoms with Crippen molar-refractivity contribution in [1.82, 2.24) is 20.7 Å². The summed E-state index contributed by atoms with van der Waals surface area (Å²) in [5.74, 6) is 0.304. The van der Waals surface area contributed by atoms with Gasteiger partial charge in [0.25, 0.3) is 11.8 Å². The topological polar surface area (TPSA) is 100 Å². The first-order valence-corrected chi connectivity index (χ1v) is 10.4. The Bertz CT molecular complexity index is 1020. The second kappa shape index (κ2) is 10.2. The molecule has 2 N–H and O–H groups in total. The molecule has 2 aromatic rings. The van der Waals surface area contributed by atoms with Crippen LogP contribution in [0, 0.1) is 0 Å². The first-order chi connectivity index (χ1) is 15.8. The zero-order valence-electron chi connectivity index (χ0n) is 19.0. The molecule has 1 aliphatic rings. The van der Waals surface area contributed by atoms with Crippen molar-refractivity contribution in [3.05, 3.63) is 72.3 Å². The summed E-state index contributed by atoms with van der Waals surface area (Å²) in [6, 6.07) is 13.6. The number of imide groups is 1. The summed E-state index contributed by atoms with van der Waals surface area (Å²) < 4.78 is 10.3. The number of hydrogen-bond acceptors (Lipinski definition) is 6. The number of hydrazine groups is 1. The van der Waals surface area contributed by atoms with E-state index in [1.54, 1.807) is 51.5 Å². The predicted molar refractivity (Wildman–Crippen MR) is 122 cm³/mol. The summed E-state index contributed by atoms with van der Waals surface area (Å²) >= 11 is 0. The lowest BCUT2D eigenvalue weighted by molar-refractivity contribution is -0.139. The minimum atomic E-state index is -1.31. The van der Waals surface area contributed by atoms with E-state index in [1.165, 1.54) is 0 Å². The second-order valence-corrected chi connectivity index (χ2v) is 7.77. The minimum absolute atomic E-state index is 0.0334. The molecule has 174 valence electrons. The van der Waals surface area contributed by atoms with E-state index in [0.717, 1.165) is 16.3 Å². The average molecular weight is 453 g/mol. The van der Waals surface area contributed by atoms with E-state index in [0.29, 0.717) is 24.4 Å². The summed E-state index contributed by atoms with van der Waals surface area (Å²) in [7, 11) is 3.14. The molecule has 0 aromatic heterocycles. The first-order valence-electron chi connectivity index (χ1n) is 10.4. The molecule has 1 unspecified atom stereocenters. The van der Waals surface area contributed by atoms with Crippen LogP contribution in [0.3, 0.4) is 0 Å². The van der Waals surface area contributed by atoms with E-state index < -0.39 is 23.4 Å². The van der Waals surface area contributed by atoms with Crippen molar-refractivity contribution in [2.24, 2.45) is 0 Å². The highest BCUT2D eigenvalue weighted by atomic mass is 16.5. The molecule has 1 heterocycles. The Morgan fingerprint density at radius 3 is 2.21 bits per heavy atom. The Kier molecular flexibility index (Phi) is 7.34.